The molecule has 1 unspecified atom stereocenters. The molecular formula is C39H34N6O5. The van der Waals surface area contributed by atoms with Crippen molar-refractivity contribution in [2.24, 2.45) is 5.10 Å². The van der Waals surface area contributed by atoms with E-state index in [-0.39, 0.29) is 5.75 Å². The summed E-state index contributed by atoms with van der Waals surface area (Å²) in [6, 6.07) is 35.3. The molecule has 1 atom stereocenters. The van der Waals surface area contributed by atoms with Crippen molar-refractivity contribution < 1.29 is 24.7 Å². The number of carbonyl (C=O) groups is 3. The van der Waals surface area contributed by atoms with Gasteiger partial charge in [-0.25, -0.2) is 15.0 Å². The lowest BCUT2D eigenvalue weighted by Crippen LogP contribution is -2.58. The molecule has 1 fully saturated rings. The Bertz CT molecular complexity index is 2310. The Morgan fingerprint density at radius 2 is 1.40 bits per heavy atom. The van der Waals surface area contributed by atoms with E-state index < -0.39 is 36.2 Å². The van der Waals surface area contributed by atoms with Crippen LogP contribution in [-0.2, 0) is 4.79 Å². The molecule has 7 rings (SSSR count). The summed E-state index contributed by atoms with van der Waals surface area (Å²) >= 11 is 0. The molecule has 5 amide bonds. The van der Waals surface area contributed by atoms with E-state index in [9.17, 15) is 24.7 Å². The normalized spacial score (nSPS) is 15.7. The van der Waals surface area contributed by atoms with Gasteiger partial charge in [0.05, 0.1) is 23.1 Å². The second-order valence-corrected chi connectivity index (χ2v) is 12.6. The maximum Gasteiger partial charge on any atom is 0.347 e. The Kier molecular flexibility index (Phi) is 8.26. The van der Waals surface area contributed by atoms with Crippen LogP contribution in [0.25, 0.3) is 32.3 Å². The van der Waals surface area contributed by atoms with E-state index >= 15 is 0 Å². The van der Waals surface area contributed by atoms with Crippen LogP contribution < -0.4 is 15.6 Å². The van der Waals surface area contributed by atoms with Crippen molar-refractivity contribution in [2.75, 3.05) is 16.8 Å². The highest BCUT2D eigenvalue weighted by atomic mass is 16.5. The van der Waals surface area contributed by atoms with Crippen LogP contribution in [-0.4, -0.2) is 62.7 Å². The zero-order valence-corrected chi connectivity index (χ0v) is 27.3. The van der Waals surface area contributed by atoms with Crippen molar-refractivity contribution in [1.29, 1.82) is 0 Å². The number of carbonyl (C=O) groups excluding carboxylic acids is 3. The van der Waals surface area contributed by atoms with E-state index in [0.29, 0.717) is 22.0 Å². The second kappa shape index (κ2) is 12.9. The highest BCUT2D eigenvalue weighted by Gasteiger charge is 2.56. The smallest absolute Gasteiger partial charge is 0.347 e. The zero-order valence-electron chi connectivity index (χ0n) is 27.3. The third-order valence-electron chi connectivity index (χ3n) is 9.10. The first-order valence-electron chi connectivity index (χ1n) is 16.0. The highest BCUT2D eigenvalue weighted by molar-refractivity contribution is 6.07. The minimum Gasteiger partial charge on any atom is -0.507 e. The largest absolute Gasteiger partial charge is 0.507 e. The van der Waals surface area contributed by atoms with Crippen molar-refractivity contribution in [3.8, 4) is 5.75 Å². The number of hydroxylamine groups is 2. The van der Waals surface area contributed by atoms with Crippen LogP contribution in [0.1, 0.15) is 19.4 Å². The van der Waals surface area contributed by atoms with Gasteiger partial charge in [-0.05, 0) is 59.7 Å². The third kappa shape index (κ3) is 5.80. The fraction of sp³-hybridized carbons (Fsp3) is 0.128. The van der Waals surface area contributed by atoms with Crippen LogP contribution in [0.5, 0.6) is 5.75 Å². The molecule has 0 bridgehead atoms. The summed E-state index contributed by atoms with van der Waals surface area (Å²) < 4.78 is 0. The SMILES string of the molecule is CC1(C)C(N(O)C(=O)Nc2cccc3ccccc23)N(c2cccc3ccccc23)C(=O)N1CC(=O)NN=Cc1cc2ccccc2cc1O. The third-order valence-corrected chi connectivity index (χ3v) is 9.10. The van der Waals surface area contributed by atoms with Crippen LogP contribution in [0.3, 0.4) is 0 Å². The number of phenols is 1. The average molecular weight is 667 g/mol. The number of phenolic OH excluding ortho intramolecular Hbond substituents is 1. The minimum absolute atomic E-state index is 0.00376. The zero-order chi connectivity index (χ0) is 35.0. The van der Waals surface area contributed by atoms with Gasteiger partial charge in [-0.2, -0.15) is 10.2 Å². The van der Waals surface area contributed by atoms with E-state index in [4.69, 9.17) is 0 Å². The van der Waals surface area contributed by atoms with Gasteiger partial charge in [-0.3, -0.25) is 14.9 Å². The molecule has 0 aromatic heterocycles. The van der Waals surface area contributed by atoms with Gasteiger partial charge in [0.25, 0.3) is 5.91 Å². The topological polar surface area (TPSA) is 138 Å². The number of benzene rings is 6. The van der Waals surface area contributed by atoms with Gasteiger partial charge in [0.1, 0.15) is 12.3 Å². The van der Waals surface area contributed by atoms with E-state index in [1.54, 1.807) is 50.2 Å². The number of amides is 5. The van der Waals surface area contributed by atoms with Crippen LogP contribution in [0.2, 0.25) is 0 Å². The van der Waals surface area contributed by atoms with Crippen molar-refractivity contribution in [3.05, 3.63) is 127 Å². The standard InChI is InChI=1S/C39H34N6O5/c1-39(2)36(45(50)37(48)41-32-19-9-15-25-11-5-7-17-30(25)32)44(33-20-10-16-26-12-6-8-18-31(26)33)38(49)43(39)24-35(47)42-40-23-29-21-27-13-3-4-14-28(27)22-34(29)46/h3-23,36,46,50H,24H2,1-2H3,(H,41,48)(H,42,47). The minimum atomic E-state index is -1.30. The number of aromatic hydroxyl groups is 1. The molecular weight excluding hydrogens is 632 g/mol. The molecule has 0 radical (unpaired) electrons. The van der Waals surface area contributed by atoms with Gasteiger partial charge in [-0.15, -0.1) is 0 Å². The fourth-order valence-electron chi connectivity index (χ4n) is 6.59. The first-order valence-corrected chi connectivity index (χ1v) is 16.0. The maximum absolute atomic E-state index is 14.4. The monoisotopic (exact) mass is 666 g/mol. The second-order valence-electron chi connectivity index (χ2n) is 12.6. The molecule has 6 aromatic carbocycles. The van der Waals surface area contributed by atoms with Crippen LogP contribution in [0, 0.1) is 0 Å². The van der Waals surface area contributed by atoms with Crippen molar-refractivity contribution >= 4 is 67.9 Å². The van der Waals surface area contributed by atoms with E-state index in [0.717, 1.165) is 32.3 Å². The Morgan fingerprint density at radius 1 is 0.820 bits per heavy atom. The Morgan fingerprint density at radius 3 is 2.12 bits per heavy atom. The molecule has 6 aromatic rings. The predicted octanol–water partition coefficient (Wildman–Crippen LogP) is 7.27. The molecule has 1 saturated heterocycles. The van der Waals surface area contributed by atoms with Gasteiger partial charge in [0, 0.05) is 16.3 Å². The van der Waals surface area contributed by atoms with Crippen LogP contribution >= 0.6 is 0 Å². The lowest BCUT2D eigenvalue weighted by Gasteiger charge is -2.38. The number of nitrogens with zero attached hydrogens (tertiary/aromatic N) is 4. The molecule has 4 N–H and O–H groups in total. The van der Waals surface area contributed by atoms with Crippen LogP contribution in [0.15, 0.2) is 126 Å². The first-order chi connectivity index (χ1) is 24.1. The van der Waals surface area contributed by atoms with Gasteiger partial charge in [-0.1, -0.05) is 97.1 Å². The molecule has 0 aliphatic carbocycles. The molecule has 0 spiro atoms. The Hall–Kier alpha value is -6.46. The molecule has 0 saturated carbocycles. The van der Waals surface area contributed by atoms with Gasteiger partial charge < -0.3 is 15.3 Å². The van der Waals surface area contributed by atoms with Crippen molar-refractivity contribution in [2.45, 2.75) is 25.6 Å². The van der Waals surface area contributed by atoms with Crippen LogP contribution in [0.4, 0.5) is 21.0 Å². The summed E-state index contributed by atoms with van der Waals surface area (Å²) in [6.45, 7) is 2.92. The maximum atomic E-state index is 14.4. The molecule has 250 valence electrons. The number of hydrogen-bond donors (Lipinski definition) is 4. The highest BCUT2D eigenvalue weighted by Crippen LogP contribution is 2.40. The molecule has 11 nitrogen and oxygen atoms in total. The lowest BCUT2D eigenvalue weighted by atomic mass is 9.99. The molecule has 11 heteroatoms. The number of hydrazone groups is 1. The lowest BCUT2D eigenvalue weighted by molar-refractivity contribution is -0.124. The van der Waals surface area contributed by atoms with E-state index in [1.807, 2.05) is 84.9 Å². The summed E-state index contributed by atoms with van der Waals surface area (Å²) in [4.78, 5) is 44.1. The molecule has 1 aliphatic heterocycles. The van der Waals surface area contributed by atoms with Crippen molar-refractivity contribution in [1.82, 2.24) is 15.4 Å². The van der Waals surface area contributed by atoms with Crippen molar-refractivity contribution in [3.63, 3.8) is 0 Å². The summed E-state index contributed by atoms with van der Waals surface area (Å²) in [5.74, 6) is -0.623. The summed E-state index contributed by atoms with van der Waals surface area (Å²) in [5.41, 5.74) is 2.49. The number of anilines is 2. The van der Waals surface area contributed by atoms with E-state index in [2.05, 4.69) is 15.8 Å². The van der Waals surface area contributed by atoms with Gasteiger partial charge in [0.2, 0.25) is 0 Å². The molecule has 1 heterocycles. The number of urea groups is 2. The number of fused-ring (bicyclic) bond motifs is 3. The predicted molar refractivity (Wildman–Crippen MR) is 194 cm³/mol. The summed E-state index contributed by atoms with van der Waals surface area (Å²) in [5, 5.41) is 34.5. The number of nitrogens with one attached hydrogen (secondary N) is 2. The Balaban J connectivity index is 1.18. The van der Waals surface area contributed by atoms with E-state index in [1.165, 1.54) is 16.0 Å². The quantitative estimate of drug-likeness (QED) is 0.0807. The molecule has 50 heavy (non-hydrogen) atoms. The summed E-state index contributed by atoms with van der Waals surface area (Å²) in [7, 11) is 0. The first kappa shape index (κ1) is 32.1. The van der Waals surface area contributed by atoms with Gasteiger partial charge in [0.15, 0.2) is 6.17 Å². The Labute approximate surface area is 287 Å². The summed E-state index contributed by atoms with van der Waals surface area (Å²) in [6.07, 6.45) is 0.0659. The molecule has 1 aliphatic rings. The number of rotatable bonds is 7. The average Bonchev–Trinajstić information content (AvgIpc) is 3.31. The number of hydrogen-bond acceptors (Lipinski definition) is 6. The fourth-order valence-corrected chi connectivity index (χ4v) is 6.59. The van der Waals surface area contributed by atoms with Gasteiger partial charge >= 0.3 is 12.1 Å².